The minimum atomic E-state index is -0.943. The lowest BCUT2D eigenvalue weighted by molar-refractivity contribution is -0.150. The number of hydrogen-bond donors (Lipinski definition) is 1. The molecular formula is C33H42Cl2N2O4. The number of carbonyl (C=O) groups is 2. The van der Waals surface area contributed by atoms with Gasteiger partial charge in [-0.05, 0) is 92.3 Å². The average molecular weight is 602 g/mol. The normalized spacial score (nSPS) is 26.5. The Balaban J connectivity index is 1.47. The van der Waals surface area contributed by atoms with Gasteiger partial charge in [0.1, 0.15) is 5.75 Å². The number of halogens is 2. The van der Waals surface area contributed by atoms with Gasteiger partial charge < -0.3 is 19.6 Å². The van der Waals surface area contributed by atoms with E-state index in [2.05, 4.69) is 24.8 Å². The maximum atomic E-state index is 13.9. The van der Waals surface area contributed by atoms with Gasteiger partial charge in [-0.2, -0.15) is 0 Å². The van der Waals surface area contributed by atoms with Gasteiger partial charge in [-0.15, -0.1) is 0 Å². The second-order valence-corrected chi connectivity index (χ2v) is 13.7. The fourth-order valence-electron chi connectivity index (χ4n) is 7.12. The van der Waals surface area contributed by atoms with Crippen molar-refractivity contribution in [3.63, 3.8) is 0 Å². The van der Waals surface area contributed by atoms with Gasteiger partial charge in [0.05, 0.1) is 22.1 Å². The molecule has 0 bridgehead atoms. The number of rotatable bonds is 9. The first kappa shape index (κ1) is 30.3. The van der Waals surface area contributed by atoms with Crippen LogP contribution in [0.2, 0.25) is 10.0 Å². The molecule has 0 aromatic heterocycles. The highest BCUT2D eigenvalue weighted by molar-refractivity contribution is 6.42. The Morgan fingerprint density at radius 1 is 1.10 bits per heavy atom. The summed E-state index contributed by atoms with van der Waals surface area (Å²) in [5.41, 5.74) is 0.311. The molecule has 1 N–H and O–H groups in total. The highest BCUT2D eigenvalue weighted by Crippen LogP contribution is 2.53. The SMILES string of the molecule is CC(=O)Oc1cccc([C@@]23CCN(CC4CC4)C[C@@]2(O)CC[C@@H](N(CC(C)C)C(=O)Cc2ccc(Cl)c(Cl)c2)C3)c1. The molecule has 3 aliphatic rings. The van der Waals surface area contributed by atoms with Crippen molar-refractivity contribution in [3.05, 3.63) is 63.6 Å². The first-order valence-electron chi connectivity index (χ1n) is 14.9. The Bertz CT molecular complexity index is 1280. The molecule has 0 unspecified atom stereocenters. The van der Waals surface area contributed by atoms with Crippen LogP contribution in [-0.2, 0) is 21.4 Å². The molecule has 1 saturated heterocycles. The van der Waals surface area contributed by atoms with Crippen molar-refractivity contribution >= 4 is 35.1 Å². The maximum Gasteiger partial charge on any atom is 0.308 e. The van der Waals surface area contributed by atoms with Gasteiger partial charge in [0.2, 0.25) is 5.91 Å². The van der Waals surface area contributed by atoms with E-state index in [1.165, 1.54) is 19.8 Å². The van der Waals surface area contributed by atoms with E-state index in [0.717, 1.165) is 43.0 Å². The van der Waals surface area contributed by atoms with E-state index in [-0.39, 0.29) is 30.3 Å². The summed E-state index contributed by atoms with van der Waals surface area (Å²) in [5.74, 6) is 1.21. The van der Waals surface area contributed by atoms with Crippen LogP contribution in [-0.4, -0.2) is 64.6 Å². The molecule has 2 aromatic carbocycles. The molecule has 5 rings (SSSR count). The molecule has 1 aliphatic heterocycles. The number of esters is 1. The quantitative estimate of drug-likeness (QED) is 0.271. The van der Waals surface area contributed by atoms with E-state index >= 15 is 0 Å². The van der Waals surface area contributed by atoms with Crippen LogP contribution in [0.15, 0.2) is 42.5 Å². The molecule has 6 nitrogen and oxygen atoms in total. The molecule has 3 fully saturated rings. The van der Waals surface area contributed by atoms with Gasteiger partial charge in [0, 0.05) is 38.0 Å². The number of benzene rings is 2. The van der Waals surface area contributed by atoms with Crippen LogP contribution in [0.25, 0.3) is 0 Å². The van der Waals surface area contributed by atoms with Crippen molar-refractivity contribution in [3.8, 4) is 5.75 Å². The molecule has 41 heavy (non-hydrogen) atoms. The minimum absolute atomic E-state index is 0.0275. The van der Waals surface area contributed by atoms with Crippen molar-refractivity contribution in [2.24, 2.45) is 11.8 Å². The maximum absolute atomic E-state index is 13.9. The molecule has 8 heteroatoms. The van der Waals surface area contributed by atoms with E-state index in [0.29, 0.717) is 41.7 Å². The predicted molar refractivity (Wildman–Crippen MR) is 163 cm³/mol. The molecule has 0 radical (unpaired) electrons. The summed E-state index contributed by atoms with van der Waals surface area (Å²) in [6.45, 7) is 8.86. The number of amides is 1. The first-order valence-corrected chi connectivity index (χ1v) is 15.7. The Labute approximate surface area is 253 Å². The second kappa shape index (κ2) is 12.2. The standard InChI is InChI=1S/C33H42Cl2N2O4/c1-22(2)19-37(31(39)16-25-9-10-29(34)30(35)15-25)27-11-12-33(40)21-36(20-24-7-8-24)14-13-32(33,18-27)26-5-4-6-28(17-26)41-23(3)38/h4-6,9-10,15,17,22,24,27,40H,7-8,11-14,16,18-21H2,1-3H3/t27-,32+,33+/m1/s1. The lowest BCUT2D eigenvalue weighted by Gasteiger charge is -2.59. The fourth-order valence-corrected chi connectivity index (χ4v) is 7.44. The second-order valence-electron chi connectivity index (χ2n) is 12.9. The number of ether oxygens (including phenoxy) is 1. The van der Waals surface area contributed by atoms with Gasteiger partial charge in [-0.1, -0.05) is 55.2 Å². The number of hydrogen-bond acceptors (Lipinski definition) is 5. The highest BCUT2D eigenvalue weighted by atomic mass is 35.5. The summed E-state index contributed by atoms with van der Waals surface area (Å²) in [5, 5.41) is 13.4. The minimum Gasteiger partial charge on any atom is -0.427 e. The van der Waals surface area contributed by atoms with E-state index in [9.17, 15) is 14.7 Å². The van der Waals surface area contributed by atoms with Crippen LogP contribution in [0.3, 0.4) is 0 Å². The summed E-state index contributed by atoms with van der Waals surface area (Å²) >= 11 is 12.4. The molecule has 222 valence electrons. The molecule has 2 aromatic rings. The van der Waals surface area contributed by atoms with Crippen molar-refractivity contribution in [1.29, 1.82) is 0 Å². The number of β-amino-alcohol motifs (C(OH)–C–C–N with tert-alkyl or cyclic N) is 1. The van der Waals surface area contributed by atoms with Crippen molar-refractivity contribution in [2.75, 3.05) is 26.2 Å². The monoisotopic (exact) mass is 600 g/mol. The predicted octanol–water partition coefficient (Wildman–Crippen LogP) is 6.28. The van der Waals surface area contributed by atoms with Crippen molar-refractivity contribution in [2.45, 2.75) is 82.8 Å². The summed E-state index contributed by atoms with van der Waals surface area (Å²) in [6, 6.07) is 13.0. The molecule has 2 saturated carbocycles. The Morgan fingerprint density at radius 2 is 1.88 bits per heavy atom. The molecule has 1 amide bonds. The largest absolute Gasteiger partial charge is 0.427 e. The zero-order chi connectivity index (χ0) is 29.4. The summed E-state index contributed by atoms with van der Waals surface area (Å²) in [4.78, 5) is 30.1. The molecule has 0 spiro atoms. The van der Waals surface area contributed by atoms with Crippen LogP contribution in [0.1, 0.15) is 70.4 Å². The fraction of sp³-hybridized carbons (Fsp3) is 0.576. The Kier molecular flexibility index (Phi) is 9.06. The first-order chi connectivity index (χ1) is 19.5. The van der Waals surface area contributed by atoms with E-state index < -0.39 is 11.0 Å². The Hall–Kier alpha value is -2.12. The number of nitrogens with zero attached hydrogens (tertiary/aromatic N) is 2. The average Bonchev–Trinajstić information content (AvgIpc) is 3.72. The Morgan fingerprint density at radius 3 is 2.56 bits per heavy atom. The van der Waals surface area contributed by atoms with E-state index in [4.69, 9.17) is 27.9 Å². The smallest absolute Gasteiger partial charge is 0.308 e. The van der Waals surface area contributed by atoms with Crippen LogP contribution < -0.4 is 4.74 Å². The third-order valence-electron chi connectivity index (χ3n) is 9.23. The van der Waals surface area contributed by atoms with Gasteiger partial charge in [-0.25, -0.2) is 0 Å². The number of aliphatic hydroxyl groups is 1. The number of carbonyl (C=O) groups excluding carboxylic acids is 2. The molecule has 1 heterocycles. The van der Waals surface area contributed by atoms with Gasteiger partial charge >= 0.3 is 5.97 Å². The van der Waals surface area contributed by atoms with Crippen LogP contribution in [0, 0.1) is 11.8 Å². The number of piperidine rings is 1. The topological polar surface area (TPSA) is 70.1 Å². The van der Waals surface area contributed by atoms with Crippen LogP contribution >= 0.6 is 23.2 Å². The number of likely N-dealkylation sites (tertiary alicyclic amines) is 1. The van der Waals surface area contributed by atoms with Crippen LogP contribution in [0.5, 0.6) is 5.75 Å². The van der Waals surface area contributed by atoms with Gasteiger partial charge in [0.25, 0.3) is 0 Å². The van der Waals surface area contributed by atoms with E-state index in [1.54, 1.807) is 18.2 Å². The van der Waals surface area contributed by atoms with Gasteiger partial charge in [-0.3, -0.25) is 9.59 Å². The lowest BCUT2D eigenvalue weighted by Crippen LogP contribution is -2.67. The molecule has 2 aliphatic carbocycles. The molecular weight excluding hydrogens is 559 g/mol. The highest BCUT2D eigenvalue weighted by Gasteiger charge is 2.58. The lowest BCUT2D eigenvalue weighted by atomic mass is 9.55. The van der Waals surface area contributed by atoms with Crippen LogP contribution in [0.4, 0.5) is 0 Å². The van der Waals surface area contributed by atoms with Crippen molar-refractivity contribution < 1.29 is 19.4 Å². The summed E-state index contributed by atoms with van der Waals surface area (Å²) in [6.07, 6.45) is 5.57. The zero-order valence-electron chi connectivity index (χ0n) is 24.4. The third kappa shape index (κ3) is 6.77. The zero-order valence-corrected chi connectivity index (χ0v) is 25.9. The summed E-state index contributed by atoms with van der Waals surface area (Å²) < 4.78 is 5.47. The summed E-state index contributed by atoms with van der Waals surface area (Å²) in [7, 11) is 0. The van der Waals surface area contributed by atoms with Crippen molar-refractivity contribution in [1.82, 2.24) is 9.80 Å². The number of fused-ring (bicyclic) bond motifs is 1. The van der Waals surface area contributed by atoms with Gasteiger partial charge in [0.15, 0.2) is 0 Å². The molecule has 3 atom stereocenters. The van der Waals surface area contributed by atoms with E-state index in [1.807, 2.05) is 23.1 Å². The third-order valence-corrected chi connectivity index (χ3v) is 9.97.